The van der Waals surface area contributed by atoms with Gasteiger partial charge in [-0.1, -0.05) is 0 Å². The van der Waals surface area contributed by atoms with Gasteiger partial charge in [-0.25, -0.2) is 19.7 Å². The number of ether oxygens (including phenoxy) is 4. The second kappa shape index (κ2) is 8.62. The van der Waals surface area contributed by atoms with E-state index < -0.39 is 12.2 Å². The van der Waals surface area contributed by atoms with E-state index in [9.17, 15) is 4.79 Å². The van der Waals surface area contributed by atoms with E-state index in [0.717, 1.165) is 55.1 Å². The molecular weight excluding hydrogens is 468 g/mol. The third-order valence-corrected chi connectivity index (χ3v) is 7.72. The second-order valence-corrected chi connectivity index (χ2v) is 9.89. The molecule has 2 N–H and O–H groups in total. The molecule has 2 aliphatic heterocycles. The second-order valence-electron chi connectivity index (χ2n) is 8.89. The van der Waals surface area contributed by atoms with Crippen LogP contribution in [0.15, 0.2) is 30.5 Å². The molecule has 4 aromatic rings. The Morgan fingerprint density at radius 3 is 2.91 bits per heavy atom. The van der Waals surface area contributed by atoms with Crippen LogP contribution in [-0.4, -0.2) is 53.6 Å². The van der Waals surface area contributed by atoms with E-state index in [1.807, 2.05) is 25.1 Å². The molecule has 2 aromatic heterocycles. The molecule has 1 saturated heterocycles. The number of rotatable bonds is 5. The predicted octanol–water partition coefficient (Wildman–Crippen LogP) is 4.03. The lowest BCUT2D eigenvalue weighted by Crippen LogP contribution is -2.42. The Morgan fingerprint density at radius 1 is 1.26 bits per heavy atom. The van der Waals surface area contributed by atoms with Crippen molar-refractivity contribution in [3.8, 4) is 22.2 Å². The predicted molar refractivity (Wildman–Crippen MR) is 131 cm³/mol. The van der Waals surface area contributed by atoms with E-state index in [1.54, 1.807) is 24.6 Å². The largest absolute Gasteiger partial charge is 0.486 e. The number of aryl methyl sites for hydroxylation is 1. The third-order valence-electron chi connectivity index (χ3n) is 6.56. The number of thiazole rings is 1. The minimum atomic E-state index is -0.796. The van der Waals surface area contributed by atoms with Crippen LogP contribution in [0.2, 0.25) is 0 Å². The quantitative estimate of drug-likeness (QED) is 0.444. The lowest BCUT2D eigenvalue weighted by Gasteiger charge is -2.26. The molecule has 3 atom stereocenters. The van der Waals surface area contributed by atoms with E-state index in [-0.39, 0.29) is 12.0 Å². The Labute approximate surface area is 205 Å². The van der Waals surface area contributed by atoms with Crippen LogP contribution in [0, 0.1) is 12.8 Å². The summed E-state index contributed by atoms with van der Waals surface area (Å²) in [6.45, 7) is 3.20. The maximum atomic E-state index is 11.6. The van der Waals surface area contributed by atoms with Gasteiger partial charge in [0.1, 0.15) is 23.0 Å². The van der Waals surface area contributed by atoms with Crippen LogP contribution in [0.5, 0.6) is 11.6 Å². The number of methoxy groups -OCH3 is 1. The lowest BCUT2D eigenvalue weighted by atomic mass is 9.94. The van der Waals surface area contributed by atoms with Gasteiger partial charge in [0.2, 0.25) is 5.88 Å². The molecule has 1 unspecified atom stereocenters. The molecule has 10 heteroatoms. The van der Waals surface area contributed by atoms with E-state index in [2.05, 4.69) is 16.0 Å². The molecule has 6 rings (SSSR count). The number of nitrogens with two attached hydrogens (primary N) is 1. The summed E-state index contributed by atoms with van der Waals surface area (Å²) in [6.07, 6.45) is 1.45. The van der Waals surface area contributed by atoms with E-state index >= 15 is 0 Å². The van der Waals surface area contributed by atoms with Gasteiger partial charge >= 0.3 is 6.09 Å². The number of carbonyl (C=O) groups is 1. The topological polar surface area (TPSA) is 119 Å². The standard InChI is InChI=1S/C25H24N4O5S/c1-12-7-15(21-17(8-12)28-20(31-2)10-27-21)24-29-16-3-4-18-14(23(16)35-24)9-19(33-18)22(34-25(26)30)13-5-6-32-11-13/h3-4,7-8,10,13,19,22H,5-6,9,11H2,1-2H3,(H2,26,30)/t13?,19-,22-/m0/s1. The highest BCUT2D eigenvalue weighted by atomic mass is 32.1. The molecule has 0 radical (unpaired) electrons. The molecule has 9 nitrogen and oxygen atoms in total. The van der Waals surface area contributed by atoms with E-state index in [0.29, 0.717) is 25.5 Å². The van der Waals surface area contributed by atoms with Crippen LogP contribution in [0.25, 0.3) is 31.8 Å². The fourth-order valence-electron chi connectivity index (χ4n) is 4.97. The first kappa shape index (κ1) is 22.0. The Bertz CT molecular complexity index is 1450. The summed E-state index contributed by atoms with van der Waals surface area (Å²) in [5.41, 5.74) is 10.9. The SMILES string of the molecule is COc1cnc2c(-c3nc4ccc5c(c4s3)C[C@@H]([C@@H](OC(N)=O)C3CCOC3)O5)cc(C)cc2n1. The molecule has 2 aromatic carbocycles. The number of hydrogen-bond acceptors (Lipinski definition) is 9. The molecule has 4 heterocycles. The highest BCUT2D eigenvalue weighted by Gasteiger charge is 2.40. The maximum Gasteiger partial charge on any atom is 0.404 e. The fourth-order valence-corrected chi connectivity index (χ4v) is 6.10. The number of carbonyl (C=O) groups excluding carboxylic acids is 1. The molecule has 0 spiro atoms. The summed E-state index contributed by atoms with van der Waals surface area (Å²) in [4.78, 5) is 25.7. The van der Waals surface area contributed by atoms with Crippen LogP contribution in [0.3, 0.4) is 0 Å². The zero-order valence-electron chi connectivity index (χ0n) is 19.3. The zero-order chi connectivity index (χ0) is 24.1. The normalized spacial score (nSPS) is 20.1. The van der Waals surface area contributed by atoms with Gasteiger partial charge in [-0.15, -0.1) is 11.3 Å². The van der Waals surface area contributed by atoms with Crippen LogP contribution in [0.4, 0.5) is 4.79 Å². The zero-order valence-corrected chi connectivity index (χ0v) is 20.1. The molecule has 0 aliphatic carbocycles. The Hall–Kier alpha value is -3.50. The molecule has 0 saturated carbocycles. The Balaban J connectivity index is 1.39. The summed E-state index contributed by atoms with van der Waals surface area (Å²) in [5.74, 6) is 1.32. The molecule has 2 aliphatic rings. The molecule has 1 amide bonds. The number of fused-ring (bicyclic) bond motifs is 4. The molecular formula is C25H24N4O5S. The van der Waals surface area contributed by atoms with Gasteiger partial charge < -0.3 is 24.7 Å². The number of nitrogens with zero attached hydrogens (tertiary/aromatic N) is 3. The lowest BCUT2D eigenvalue weighted by molar-refractivity contribution is -0.00750. The van der Waals surface area contributed by atoms with Gasteiger partial charge in [-0.05, 0) is 43.2 Å². The van der Waals surface area contributed by atoms with Gasteiger partial charge in [0.25, 0.3) is 0 Å². The van der Waals surface area contributed by atoms with Gasteiger partial charge in [0.05, 0.1) is 41.2 Å². The average molecular weight is 493 g/mol. The minimum absolute atomic E-state index is 0.0588. The average Bonchev–Trinajstić information content (AvgIpc) is 3.60. The van der Waals surface area contributed by atoms with Crippen molar-refractivity contribution in [2.24, 2.45) is 11.7 Å². The number of benzene rings is 2. The van der Waals surface area contributed by atoms with E-state index in [1.165, 1.54) is 0 Å². The van der Waals surface area contributed by atoms with Crippen molar-refractivity contribution in [3.05, 3.63) is 41.6 Å². The highest BCUT2D eigenvalue weighted by Crippen LogP contribution is 2.43. The summed E-state index contributed by atoms with van der Waals surface area (Å²) < 4.78 is 23.6. The van der Waals surface area contributed by atoms with Gasteiger partial charge in [-0.3, -0.25) is 0 Å². The number of amides is 1. The summed E-state index contributed by atoms with van der Waals surface area (Å²) in [7, 11) is 1.58. The van der Waals surface area contributed by atoms with Crippen LogP contribution in [0.1, 0.15) is 17.5 Å². The summed E-state index contributed by atoms with van der Waals surface area (Å²) in [5, 5.41) is 0.860. The highest BCUT2D eigenvalue weighted by molar-refractivity contribution is 7.22. The molecule has 180 valence electrons. The first-order chi connectivity index (χ1) is 17.0. The Morgan fingerprint density at radius 2 is 2.14 bits per heavy atom. The van der Waals surface area contributed by atoms with Crippen molar-refractivity contribution >= 4 is 38.7 Å². The van der Waals surface area contributed by atoms with Crippen molar-refractivity contribution in [2.45, 2.75) is 32.0 Å². The molecule has 1 fully saturated rings. The van der Waals surface area contributed by atoms with Gasteiger partial charge in [0.15, 0.2) is 0 Å². The van der Waals surface area contributed by atoms with Crippen LogP contribution < -0.4 is 15.2 Å². The molecule has 35 heavy (non-hydrogen) atoms. The summed E-state index contributed by atoms with van der Waals surface area (Å²) in [6, 6.07) is 7.97. The number of aromatic nitrogens is 3. The number of hydrogen-bond donors (Lipinski definition) is 1. The maximum absolute atomic E-state index is 11.6. The van der Waals surface area contributed by atoms with Gasteiger partial charge in [-0.2, -0.15) is 0 Å². The van der Waals surface area contributed by atoms with Gasteiger partial charge in [0, 0.05) is 30.1 Å². The first-order valence-corrected chi connectivity index (χ1v) is 12.3. The third kappa shape index (κ3) is 3.92. The Kier molecular flexibility index (Phi) is 5.42. The smallest absolute Gasteiger partial charge is 0.404 e. The van der Waals surface area contributed by atoms with Crippen molar-refractivity contribution in [3.63, 3.8) is 0 Å². The van der Waals surface area contributed by atoms with Crippen LogP contribution in [-0.2, 0) is 15.9 Å². The van der Waals surface area contributed by atoms with Crippen molar-refractivity contribution in [2.75, 3.05) is 20.3 Å². The molecule has 0 bridgehead atoms. The van der Waals surface area contributed by atoms with Crippen molar-refractivity contribution in [1.82, 2.24) is 15.0 Å². The number of primary amides is 1. The minimum Gasteiger partial charge on any atom is -0.486 e. The van der Waals surface area contributed by atoms with Crippen molar-refractivity contribution in [1.29, 1.82) is 0 Å². The van der Waals surface area contributed by atoms with Crippen LogP contribution >= 0.6 is 11.3 Å². The summed E-state index contributed by atoms with van der Waals surface area (Å²) >= 11 is 1.60. The first-order valence-electron chi connectivity index (χ1n) is 11.4. The van der Waals surface area contributed by atoms with Crippen molar-refractivity contribution < 1.29 is 23.7 Å². The monoisotopic (exact) mass is 492 g/mol. The fraction of sp³-hybridized carbons (Fsp3) is 0.360. The van der Waals surface area contributed by atoms with E-state index in [4.69, 9.17) is 29.7 Å².